The van der Waals surface area contributed by atoms with Crippen LogP contribution < -0.4 is 0 Å². The van der Waals surface area contributed by atoms with Crippen LogP contribution >= 0.6 is 45.2 Å². The van der Waals surface area contributed by atoms with Crippen LogP contribution in [-0.4, -0.2) is 9.55 Å². The van der Waals surface area contributed by atoms with Crippen molar-refractivity contribution in [2.45, 2.75) is 6.92 Å². The molecule has 0 aliphatic rings. The number of aromatic nitrogens is 2. The van der Waals surface area contributed by atoms with Crippen LogP contribution in [0.3, 0.4) is 0 Å². The third-order valence-corrected chi connectivity index (χ3v) is 4.23. The average molecular weight is 348 g/mol. The minimum absolute atomic E-state index is 1.07. The zero-order chi connectivity index (χ0) is 7.02. The van der Waals surface area contributed by atoms with Gasteiger partial charge in [0.05, 0.1) is 0 Å². The second-order valence-electron chi connectivity index (χ2n) is 1.80. The van der Waals surface area contributed by atoms with Gasteiger partial charge in [-0.3, -0.25) is 0 Å². The molecular weight excluding hydrogens is 342 g/mol. The van der Waals surface area contributed by atoms with Crippen molar-refractivity contribution < 1.29 is 0 Å². The minimum atomic E-state index is 1.07. The molecule has 0 bridgehead atoms. The van der Waals surface area contributed by atoms with Gasteiger partial charge in [0, 0.05) is 7.05 Å². The number of imidazole rings is 1. The summed E-state index contributed by atoms with van der Waals surface area (Å²) in [7, 11) is 2.02. The van der Waals surface area contributed by atoms with E-state index < -0.39 is 0 Å². The second-order valence-corrected chi connectivity index (χ2v) is 3.84. The van der Waals surface area contributed by atoms with E-state index in [1.165, 1.54) is 3.70 Å². The number of nitrogens with zero attached hydrogens (tertiary/aromatic N) is 2. The van der Waals surface area contributed by atoms with Crippen molar-refractivity contribution in [2.75, 3.05) is 0 Å². The van der Waals surface area contributed by atoms with E-state index in [0.29, 0.717) is 0 Å². The summed E-state index contributed by atoms with van der Waals surface area (Å²) in [5.41, 5.74) is 0. The Bertz CT molecular complexity index is 207. The molecule has 1 heterocycles. The van der Waals surface area contributed by atoms with Gasteiger partial charge in [-0.05, 0) is 52.1 Å². The second kappa shape index (κ2) is 2.73. The van der Waals surface area contributed by atoms with E-state index in [2.05, 4.69) is 54.7 Å². The molecular formula is C5H6I2N2. The molecule has 0 saturated heterocycles. The van der Waals surface area contributed by atoms with Gasteiger partial charge < -0.3 is 4.57 Å². The highest BCUT2D eigenvalue weighted by molar-refractivity contribution is 14.1. The Morgan fingerprint density at radius 3 is 2.11 bits per heavy atom. The fraction of sp³-hybridized carbons (Fsp3) is 0.400. The van der Waals surface area contributed by atoms with E-state index >= 15 is 0 Å². The van der Waals surface area contributed by atoms with Gasteiger partial charge in [-0.1, -0.05) is 0 Å². The molecule has 1 aromatic rings. The number of rotatable bonds is 0. The SMILES string of the molecule is Cc1nc(I)c(I)n1C. The Hall–Kier alpha value is 0.670. The number of aryl methyl sites for hydroxylation is 1. The lowest BCUT2D eigenvalue weighted by Gasteiger charge is -1.92. The Morgan fingerprint density at radius 1 is 1.44 bits per heavy atom. The monoisotopic (exact) mass is 348 g/mol. The summed E-state index contributed by atoms with van der Waals surface area (Å²) < 4.78 is 4.38. The van der Waals surface area contributed by atoms with Crippen LogP contribution in [0.25, 0.3) is 0 Å². The Kier molecular flexibility index (Phi) is 2.36. The molecule has 0 aromatic carbocycles. The van der Waals surface area contributed by atoms with Crippen LogP contribution in [0.2, 0.25) is 0 Å². The Labute approximate surface area is 81.3 Å². The normalized spacial score (nSPS) is 10.2. The summed E-state index contributed by atoms with van der Waals surface area (Å²) in [6.45, 7) is 2.00. The van der Waals surface area contributed by atoms with Crippen molar-refractivity contribution in [3.8, 4) is 0 Å². The third kappa shape index (κ3) is 1.39. The van der Waals surface area contributed by atoms with E-state index in [-0.39, 0.29) is 0 Å². The van der Waals surface area contributed by atoms with Crippen molar-refractivity contribution in [3.05, 3.63) is 13.2 Å². The van der Waals surface area contributed by atoms with Crippen molar-refractivity contribution >= 4 is 45.2 Å². The minimum Gasteiger partial charge on any atom is -0.326 e. The maximum Gasteiger partial charge on any atom is 0.133 e. The Morgan fingerprint density at radius 2 is 2.00 bits per heavy atom. The summed E-state index contributed by atoms with van der Waals surface area (Å²) in [5, 5.41) is 0. The number of hydrogen-bond acceptors (Lipinski definition) is 1. The molecule has 2 nitrogen and oxygen atoms in total. The van der Waals surface area contributed by atoms with Crippen LogP contribution in [0.15, 0.2) is 0 Å². The molecule has 0 spiro atoms. The summed E-state index contributed by atoms with van der Waals surface area (Å²) in [4.78, 5) is 4.25. The molecule has 4 heteroatoms. The lowest BCUT2D eigenvalue weighted by molar-refractivity contribution is 0.837. The number of hydrogen-bond donors (Lipinski definition) is 0. The van der Waals surface area contributed by atoms with Crippen molar-refractivity contribution in [2.24, 2.45) is 7.05 Å². The predicted molar refractivity (Wildman–Crippen MR) is 53.4 cm³/mol. The van der Waals surface area contributed by atoms with E-state index in [1.54, 1.807) is 0 Å². The summed E-state index contributed by atoms with van der Waals surface area (Å²) in [5.74, 6) is 1.07. The molecule has 9 heavy (non-hydrogen) atoms. The van der Waals surface area contributed by atoms with E-state index in [1.807, 2.05) is 14.0 Å². The van der Waals surface area contributed by atoms with Crippen LogP contribution in [0.5, 0.6) is 0 Å². The first-order valence-electron chi connectivity index (χ1n) is 2.47. The zero-order valence-corrected chi connectivity index (χ0v) is 9.47. The van der Waals surface area contributed by atoms with Gasteiger partial charge >= 0.3 is 0 Å². The third-order valence-electron chi connectivity index (χ3n) is 1.21. The van der Waals surface area contributed by atoms with Gasteiger partial charge in [-0.2, -0.15) is 0 Å². The molecule has 50 valence electrons. The summed E-state index contributed by atoms with van der Waals surface area (Å²) in [6.07, 6.45) is 0. The molecule has 0 unspecified atom stereocenters. The van der Waals surface area contributed by atoms with Crippen molar-refractivity contribution in [3.63, 3.8) is 0 Å². The molecule has 0 amide bonds. The van der Waals surface area contributed by atoms with E-state index in [9.17, 15) is 0 Å². The topological polar surface area (TPSA) is 17.8 Å². The standard InChI is InChI=1S/C5H6I2N2/c1-3-8-4(6)5(7)9(3)2/h1-2H3. The predicted octanol–water partition coefficient (Wildman–Crippen LogP) is 1.94. The van der Waals surface area contributed by atoms with Gasteiger partial charge in [-0.25, -0.2) is 4.98 Å². The molecule has 0 aliphatic heterocycles. The molecule has 0 saturated carbocycles. The highest BCUT2D eigenvalue weighted by atomic mass is 127. The molecule has 1 aromatic heterocycles. The highest BCUT2D eigenvalue weighted by Crippen LogP contribution is 2.13. The first-order valence-corrected chi connectivity index (χ1v) is 4.63. The van der Waals surface area contributed by atoms with Gasteiger partial charge in [0.15, 0.2) is 0 Å². The lowest BCUT2D eigenvalue weighted by atomic mass is 10.7. The van der Waals surface area contributed by atoms with Crippen LogP contribution in [0, 0.1) is 14.3 Å². The van der Waals surface area contributed by atoms with Crippen molar-refractivity contribution in [1.29, 1.82) is 0 Å². The van der Waals surface area contributed by atoms with E-state index in [0.717, 1.165) is 9.53 Å². The Balaban J connectivity index is 3.29. The van der Waals surface area contributed by atoms with E-state index in [4.69, 9.17) is 0 Å². The molecule has 0 aliphatic carbocycles. The largest absolute Gasteiger partial charge is 0.326 e. The highest BCUT2D eigenvalue weighted by Gasteiger charge is 2.03. The van der Waals surface area contributed by atoms with Gasteiger partial charge in [0.25, 0.3) is 0 Å². The molecule has 0 fully saturated rings. The van der Waals surface area contributed by atoms with Gasteiger partial charge in [0.1, 0.15) is 13.2 Å². The van der Waals surface area contributed by atoms with Crippen LogP contribution in [0.4, 0.5) is 0 Å². The quantitative estimate of drug-likeness (QED) is 0.656. The first-order chi connectivity index (χ1) is 4.13. The molecule has 0 radical (unpaired) electrons. The molecule has 0 atom stereocenters. The fourth-order valence-electron chi connectivity index (χ4n) is 0.544. The van der Waals surface area contributed by atoms with Crippen molar-refractivity contribution in [1.82, 2.24) is 9.55 Å². The zero-order valence-electron chi connectivity index (χ0n) is 5.15. The fourth-order valence-corrected chi connectivity index (χ4v) is 1.72. The summed E-state index contributed by atoms with van der Waals surface area (Å²) >= 11 is 4.51. The van der Waals surface area contributed by atoms with Gasteiger partial charge in [-0.15, -0.1) is 0 Å². The van der Waals surface area contributed by atoms with Gasteiger partial charge in [0.2, 0.25) is 0 Å². The first kappa shape index (κ1) is 7.77. The molecule has 1 rings (SSSR count). The maximum absolute atomic E-state index is 4.25. The van der Waals surface area contributed by atoms with Crippen LogP contribution in [-0.2, 0) is 7.05 Å². The summed E-state index contributed by atoms with van der Waals surface area (Å²) in [6, 6.07) is 0. The maximum atomic E-state index is 4.25. The lowest BCUT2D eigenvalue weighted by Crippen LogP contribution is -1.92. The molecule has 0 N–H and O–H groups in total. The van der Waals surface area contributed by atoms with Crippen LogP contribution in [0.1, 0.15) is 5.82 Å². The smallest absolute Gasteiger partial charge is 0.133 e. The average Bonchev–Trinajstić information content (AvgIpc) is 1.98. The number of halogens is 2.